The summed E-state index contributed by atoms with van der Waals surface area (Å²) in [5.41, 5.74) is -0.648. The number of hydrogen-bond donors (Lipinski definition) is 0. The summed E-state index contributed by atoms with van der Waals surface area (Å²) < 4.78 is 5.33. The van der Waals surface area contributed by atoms with Crippen molar-refractivity contribution in [3.63, 3.8) is 0 Å². The van der Waals surface area contributed by atoms with Gasteiger partial charge in [0, 0.05) is 20.2 Å². The Hall–Kier alpha value is -0.570. The molecule has 0 radical (unpaired) electrons. The van der Waals surface area contributed by atoms with Crippen molar-refractivity contribution in [2.45, 2.75) is 52.6 Å². The van der Waals surface area contributed by atoms with Gasteiger partial charge in [0.15, 0.2) is 0 Å². The third-order valence-electron chi connectivity index (χ3n) is 2.85. The number of carbonyl (C=O) groups is 1. The van der Waals surface area contributed by atoms with E-state index < -0.39 is 5.60 Å². The summed E-state index contributed by atoms with van der Waals surface area (Å²) in [6.45, 7) is 9.68. The van der Waals surface area contributed by atoms with Crippen LogP contribution in [0.1, 0.15) is 47.0 Å². The second kappa shape index (κ2) is 6.83. The highest BCUT2D eigenvalue weighted by Gasteiger charge is 2.34. The number of methoxy groups -OCH3 is 1. The zero-order chi connectivity index (χ0) is 11.9. The lowest BCUT2D eigenvalue weighted by Crippen LogP contribution is -2.48. The fourth-order valence-electron chi connectivity index (χ4n) is 1.57. The van der Waals surface area contributed by atoms with Crippen molar-refractivity contribution >= 4 is 5.91 Å². The molecule has 0 aliphatic rings. The number of hydrogen-bond acceptors (Lipinski definition) is 2. The van der Waals surface area contributed by atoms with Gasteiger partial charge in [0.2, 0.25) is 0 Å². The maximum absolute atomic E-state index is 12.2. The Balaban J connectivity index is 4.59. The smallest absolute Gasteiger partial charge is 0.254 e. The van der Waals surface area contributed by atoms with Gasteiger partial charge in [-0.3, -0.25) is 4.79 Å². The Morgan fingerprint density at radius 1 is 1.20 bits per heavy atom. The van der Waals surface area contributed by atoms with Gasteiger partial charge in [-0.1, -0.05) is 20.8 Å². The van der Waals surface area contributed by atoms with Gasteiger partial charge < -0.3 is 9.64 Å². The van der Waals surface area contributed by atoms with Crippen LogP contribution in [-0.2, 0) is 9.53 Å². The fourth-order valence-corrected chi connectivity index (χ4v) is 1.57. The van der Waals surface area contributed by atoms with E-state index in [9.17, 15) is 4.79 Å². The number of carbonyl (C=O) groups excluding carboxylic acids is 1. The van der Waals surface area contributed by atoms with Crippen LogP contribution in [0.25, 0.3) is 0 Å². The van der Waals surface area contributed by atoms with E-state index >= 15 is 0 Å². The minimum absolute atomic E-state index is 0.121. The normalized spacial score (nSPS) is 14.7. The van der Waals surface area contributed by atoms with Crippen LogP contribution in [0, 0.1) is 0 Å². The lowest BCUT2D eigenvalue weighted by molar-refractivity contribution is -0.153. The molecule has 0 bridgehead atoms. The molecular formula is C12H25NO2. The molecule has 0 aromatic carbocycles. The highest BCUT2D eigenvalue weighted by molar-refractivity contribution is 5.84. The molecule has 3 nitrogen and oxygen atoms in total. The topological polar surface area (TPSA) is 29.5 Å². The lowest BCUT2D eigenvalue weighted by Gasteiger charge is -2.32. The molecule has 1 atom stereocenters. The van der Waals surface area contributed by atoms with Gasteiger partial charge in [-0.25, -0.2) is 0 Å². The van der Waals surface area contributed by atoms with Crippen molar-refractivity contribution in [1.82, 2.24) is 4.90 Å². The molecule has 1 amide bonds. The summed E-state index contributed by atoms with van der Waals surface area (Å²) in [4.78, 5) is 14.1. The van der Waals surface area contributed by atoms with Gasteiger partial charge in [0.05, 0.1) is 0 Å². The van der Waals surface area contributed by atoms with E-state index in [0.29, 0.717) is 6.42 Å². The highest BCUT2D eigenvalue weighted by Crippen LogP contribution is 2.18. The van der Waals surface area contributed by atoms with Crippen molar-refractivity contribution in [3.8, 4) is 0 Å². The van der Waals surface area contributed by atoms with Crippen molar-refractivity contribution in [1.29, 1.82) is 0 Å². The lowest BCUT2D eigenvalue weighted by atomic mass is 10.0. The van der Waals surface area contributed by atoms with Gasteiger partial charge in [-0.15, -0.1) is 0 Å². The van der Waals surface area contributed by atoms with Crippen LogP contribution in [0.15, 0.2) is 0 Å². The molecule has 0 saturated heterocycles. The molecule has 3 heteroatoms. The van der Waals surface area contributed by atoms with Crippen LogP contribution >= 0.6 is 0 Å². The van der Waals surface area contributed by atoms with Crippen molar-refractivity contribution in [2.24, 2.45) is 0 Å². The number of nitrogens with zero attached hydrogens (tertiary/aromatic N) is 1. The predicted molar refractivity (Wildman–Crippen MR) is 62.9 cm³/mol. The fraction of sp³-hybridized carbons (Fsp3) is 0.917. The quantitative estimate of drug-likeness (QED) is 0.653. The Morgan fingerprint density at radius 3 is 1.93 bits per heavy atom. The standard InChI is InChI=1S/C12H25NO2/c1-6-9-13(10-7-2)11(14)12(4,8-3)15-5/h6-10H2,1-5H3. The van der Waals surface area contributed by atoms with E-state index in [1.807, 2.05) is 18.7 Å². The summed E-state index contributed by atoms with van der Waals surface area (Å²) in [6, 6.07) is 0. The first-order chi connectivity index (χ1) is 7.05. The third-order valence-corrected chi connectivity index (χ3v) is 2.85. The van der Waals surface area contributed by atoms with E-state index in [-0.39, 0.29) is 5.91 Å². The molecular weight excluding hydrogens is 190 g/mol. The van der Waals surface area contributed by atoms with Crippen LogP contribution in [-0.4, -0.2) is 36.6 Å². The van der Waals surface area contributed by atoms with Crippen molar-refractivity contribution in [2.75, 3.05) is 20.2 Å². The maximum Gasteiger partial charge on any atom is 0.254 e. The number of amides is 1. The summed E-state index contributed by atoms with van der Waals surface area (Å²) in [6.07, 6.45) is 2.71. The molecule has 0 aromatic heterocycles. The minimum Gasteiger partial charge on any atom is -0.369 e. The molecule has 15 heavy (non-hydrogen) atoms. The summed E-state index contributed by atoms with van der Waals surface area (Å²) >= 11 is 0. The molecule has 0 rings (SSSR count). The van der Waals surface area contributed by atoms with Crippen LogP contribution in [0.3, 0.4) is 0 Å². The van der Waals surface area contributed by atoms with Gasteiger partial charge >= 0.3 is 0 Å². The van der Waals surface area contributed by atoms with Crippen LogP contribution in [0.4, 0.5) is 0 Å². The molecule has 0 heterocycles. The highest BCUT2D eigenvalue weighted by atomic mass is 16.5. The monoisotopic (exact) mass is 215 g/mol. The minimum atomic E-state index is -0.648. The van der Waals surface area contributed by atoms with Gasteiger partial charge in [-0.2, -0.15) is 0 Å². The van der Waals surface area contributed by atoms with Gasteiger partial charge in [0.1, 0.15) is 5.60 Å². The molecule has 90 valence electrons. The molecule has 0 aliphatic carbocycles. The zero-order valence-corrected chi connectivity index (χ0v) is 10.8. The summed E-state index contributed by atoms with van der Waals surface area (Å²) in [5.74, 6) is 0.121. The molecule has 0 N–H and O–H groups in total. The third kappa shape index (κ3) is 3.82. The van der Waals surface area contributed by atoms with Crippen LogP contribution < -0.4 is 0 Å². The van der Waals surface area contributed by atoms with E-state index in [1.165, 1.54) is 0 Å². The van der Waals surface area contributed by atoms with E-state index in [1.54, 1.807) is 7.11 Å². The molecule has 0 spiro atoms. The van der Waals surface area contributed by atoms with Gasteiger partial charge in [0.25, 0.3) is 5.91 Å². The molecule has 1 unspecified atom stereocenters. The first-order valence-electron chi connectivity index (χ1n) is 5.90. The largest absolute Gasteiger partial charge is 0.369 e. The zero-order valence-electron chi connectivity index (χ0n) is 10.8. The molecule has 0 saturated carbocycles. The number of ether oxygens (including phenoxy) is 1. The number of rotatable bonds is 7. The van der Waals surface area contributed by atoms with E-state index in [2.05, 4.69) is 13.8 Å². The van der Waals surface area contributed by atoms with Gasteiger partial charge in [-0.05, 0) is 26.2 Å². The Labute approximate surface area is 93.8 Å². The first kappa shape index (κ1) is 14.4. The second-order valence-corrected chi connectivity index (χ2v) is 4.08. The average Bonchev–Trinajstić information content (AvgIpc) is 2.26. The predicted octanol–water partition coefficient (Wildman–Crippen LogP) is 2.45. The Bertz CT molecular complexity index is 182. The SMILES string of the molecule is CCCN(CCC)C(=O)C(C)(CC)OC. The molecule has 0 fully saturated rings. The van der Waals surface area contributed by atoms with Crippen LogP contribution in [0.2, 0.25) is 0 Å². The van der Waals surface area contributed by atoms with E-state index in [0.717, 1.165) is 25.9 Å². The second-order valence-electron chi connectivity index (χ2n) is 4.08. The van der Waals surface area contributed by atoms with Crippen molar-refractivity contribution < 1.29 is 9.53 Å². The molecule has 0 aromatic rings. The Morgan fingerprint density at radius 2 is 1.67 bits per heavy atom. The first-order valence-corrected chi connectivity index (χ1v) is 5.90. The summed E-state index contributed by atoms with van der Waals surface area (Å²) in [5, 5.41) is 0. The van der Waals surface area contributed by atoms with Crippen molar-refractivity contribution in [3.05, 3.63) is 0 Å². The molecule has 0 aliphatic heterocycles. The maximum atomic E-state index is 12.2. The summed E-state index contributed by atoms with van der Waals surface area (Å²) in [7, 11) is 1.61. The Kier molecular flexibility index (Phi) is 6.57. The van der Waals surface area contributed by atoms with Crippen LogP contribution in [0.5, 0.6) is 0 Å². The van der Waals surface area contributed by atoms with E-state index in [4.69, 9.17) is 4.74 Å². The average molecular weight is 215 g/mol.